The number of halogens is 1. The van der Waals surface area contributed by atoms with Crippen LogP contribution in [0.1, 0.15) is 21.5 Å². The van der Waals surface area contributed by atoms with Crippen LogP contribution >= 0.6 is 15.9 Å². The zero-order valence-electron chi connectivity index (χ0n) is 15.5. The summed E-state index contributed by atoms with van der Waals surface area (Å²) in [6.07, 6.45) is 0.641. The Morgan fingerprint density at radius 3 is 2.38 bits per heavy atom. The molecule has 1 N–H and O–H groups in total. The molecule has 0 atom stereocenters. The highest BCUT2D eigenvalue weighted by Crippen LogP contribution is 2.27. The molecule has 5 nitrogen and oxygen atoms in total. The highest BCUT2D eigenvalue weighted by molar-refractivity contribution is 9.10. The van der Waals surface area contributed by atoms with Crippen molar-refractivity contribution in [1.29, 1.82) is 0 Å². The van der Waals surface area contributed by atoms with Crippen LogP contribution in [0.25, 0.3) is 0 Å². The molecule has 0 fully saturated rings. The van der Waals surface area contributed by atoms with E-state index in [-0.39, 0.29) is 12.5 Å². The zero-order chi connectivity index (χ0) is 20.4. The molecule has 0 saturated heterocycles. The fourth-order valence-corrected chi connectivity index (χ4v) is 5.06. The Hall–Kier alpha value is -2.48. The van der Waals surface area contributed by atoms with Crippen LogP contribution < -0.4 is 5.32 Å². The molecule has 0 unspecified atom stereocenters. The molecule has 0 saturated carbocycles. The van der Waals surface area contributed by atoms with Crippen LogP contribution in [0.2, 0.25) is 0 Å². The second kappa shape index (κ2) is 8.10. The van der Waals surface area contributed by atoms with Gasteiger partial charge in [0.25, 0.3) is 5.91 Å². The Morgan fingerprint density at radius 1 is 0.931 bits per heavy atom. The Bertz CT molecular complexity index is 1150. The number of carbonyl (C=O) groups excluding carboxylic acids is 1. The highest BCUT2D eigenvalue weighted by Gasteiger charge is 2.28. The molecule has 3 aromatic carbocycles. The number of rotatable bonds is 4. The summed E-state index contributed by atoms with van der Waals surface area (Å²) >= 11 is 3.36. The van der Waals surface area contributed by atoms with Gasteiger partial charge in [-0.25, -0.2) is 8.42 Å². The summed E-state index contributed by atoms with van der Waals surface area (Å²) in [6, 6.07) is 21.3. The Kier molecular flexibility index (Phi) is 5.54. The maximum absolute atomic E-state index is 12.9. The fourth-order valence-electron chi connectivity index (χ4n) is 3.36. The van der Waals surface area contributed by atoms with Gasteiger partial charge in [-0.1, -0.05) is 40.2 Å². The van der Waals surface area contributed by atoms with Crippen LogP contribution in [0.4, 0.5) is 5.69 Å². The van der Waals surface area contributed by atoms with E-state index in [1.807, 2.05) is 30.3 Å². The minimum Gasteiger partial charge on any atom is -0.322 e. The minimum atomic E-state index is -3.55. The van der Waals surface area contributed by atoms with Gasteiger partial charge in [0.15, 0.2) is 0 Å². The average Bonchev–Trinajstić information content (AvgIpc) is 2.74. The standard InChI is InChI=1S/C22H19BrN2O3S/c23-19-9-6-17(7-10-19)22(26)24-20-11-8-16-12-13-25(15-18(16)14-20)29(27,28)21-4-2-1-3-5-21/h1-11,14H,12-13,15H2,(H,24,26). The lowest BCUT2D eigenvalue weighted by Gasteiger charge is -2.28. The van der Waals surface area contributed by atoms with E-state index in [1.54, 1.807) is 42.5 Å². The monoisotopic (exact) mass is 470 g/mol. The first-order valence-electron chi connectivity index (χ1n) is 9.17. The van der Waals surface area contributed by atoms with Crippen molar-refractivity contribution in [2.24, 2.45) is 0 Å². The van der Waals surface area contributed by atoms with E-state index in [0.717, 1.165) is 15.6 Å². The number of hydrogen-bond acceptors (Lipinski definition) is 3. The Morgan fingerprint density at radius 2 is 1.66 bits per heavy atom. The number of nitrogens with zero attached hydrogens (tertiary/aromatic N) is 1. The van der Waals surface area contributed by atoms with E-state index in [9.17, 15) is 13.2 Å². The van der Waals surface area contributed by atoms with E-state index >= 15 is 0 Å². The first kappa shape index (κ1) is 19.8. The molecule has 1 amide bonds. The van der Waals surface area contributed by atoms with Crippen molar-refractivity contribution in [3.8, 4) is 0 Å². The molecule has 3 aromatic rings. The second-order valence-corrected chi connectivity index (χ2v) is 9.70. The highest BCUT2D eigenvalue weighted by atomic mass is 79.9. The number of sulfonamides is 1. The number of anilines is 1. The van der Waals surface area contributed by atoms with Crippen molar-refractivity contribution in [2.45, 2.75) is 17.9 Å². The summed E-state index contributed by atoms with van der Waals surface area (Å²) in [4.78, 5) is 12.8. The summed E-state index contributed by atoms with van der Waals surface area (Å²) in [5.41, 5.74) is 3.21. The van der Waals surface area contributed by atoms with Crippen LogP contribution in [0.15, 0.2) is 82.2 Å². The SMILES string of the molecule is O=C(Nc1ccc2c(c1)CN(S(=O)(=O)c1ccccc1)CC2)c1ccc(Br)cc1. The molecule has 1 aliphatic heterocycles. The van der Waals surface area contributed by atoms with Crippen molar-refractivity contribution in [3.05, 3.63) is 94.0 Å². The van der Waals surface area contributed by atoms with Gasteiger partial charge < -0.3 is 5.32 Å². The number of hydrogen-bond donors (Lipinski definition) is 1. The third kappa shape index (κ3) is 4.27. The van der Waals surface area contributed by atoms with Gasteiger partial charge in [0.05, 0.1) is 4.90 Å². The largest absolute Gasteiger partial charge is 0.322 e. The molecule has 0 bridgehead atoms. The zero-order valence-corrected chi connectivity index (χ0v) is 17.9. The summed E-state index contributed by atoms with van der Waals surface area (Å²) < 4.78 is 28.2. The molecule has 7 heteroatoms. The van der Waals surface area contributed by atoms with Crippen LogP contribution in [-0.2, 0) is 23.0 Å². The number of benzene rings is 3. The summed E-state index contributed by atoms with van der Waals surface area (Å²) in [6.45, 7) is 0.726. The third-order valence-corrected chi connectivity index (χ3v) is 7.32. The van der Waals surface area contributed by atoms with E-state index in [0.29, 0.717) is 29.1 Å². The van der Waals surface area contributed by atoms with Gasteiger partial charge in [0.1, 0.15) is 0 Å². The van der Waals surface area contributed by atoms with Gasteiger partial charge in [-0.05, 0) is 66.1 Å². The van der Waals surface area contributed by atoms with Crippen LogP contribution in [0, 0.1) is 0 Å². The molecule has 29 heavy (non-hydrogen) atoms. The van der Waals surface area contributed by atoms with E-state index in [1.165, 1.54) is 4.31 Å². The van der Waals surface area contributed by atoms with Gasteiger partial charge in [0, 0.05) is 28.8 Å². The molecular formula is C22H19BrN2O3S. The summed E-state index contributed by atoms with van der Waals surface area (Å²) in [5, 5.41) is 2.89. The average molecular weight is 471 g/mol. The Balaban J connectivity index is 1.54. The molecule has 0 aromatic heterocycles. The fraction of sp³-hybridized carbons (Fsp3) is 0.136. The molecule has 1 aliphatic rings. The predicted octanol–water partition coefficient (Wildman–Crippen LogP) is 4.45. The first-order valence-corrected chi connectivity index (χ1v) is 11.4. The van der Waals surface area contributed by atoms with Crippen LogP contribution in [0.3, 0.4) is 0 Å². The second-order valence-electron chi connectivity index (χ2n) is 6.85. The minimum absolute atomic E-state index is 0.206. The van der Waals surface area contributed by atoms with Gasteiger partial charge in [0.2, 0.25) is 10.0 Å². The third-order valence-electron chi connectivity index (χ3n) is 4.93. The predicted molar refractivity (Wildman–Crippen MR) is 116 cm³/mol. The van der Waals surface area contributed by atoms with Crippen molar-refractivity contribution < 1.29 is 13.2 Å². The van der Waals surface area contributed by atoms with Crippen LogP contribution in [0.5, 0.6) is 0 Å². The van der Waals surface area contributed by atoms with Gasteiger partial charge >= 0.3 is 0 Å². The molecule has 4 rings (SSSR count). The van der Waals surface area contributed by atoms with Crippen molar-refractivity contribution in [2.75, 3.05) is 11.9 Å². The molecule has 1 heterocycles. The van der Waals surface area contributed by atoms with E-state index < -0.39 is 10.0 Å². The van der Waals surface area contributed by atoms with Crippen LogP contribution in [-0.4, -0.2) is 25.2 Å². The van der Waals surface area contributed by atoms with Gasteiger partial charge in [-0.15, -0.1) is 0 Å². The lowest BCUT2D eigenvalue weighted by molar-refractivity contribution is 0.102. The normalized spacial score (nSPS) is 14.2. The first-order chi connectivity index (χ1) is 13.9. The smallest absolute Gasteiger partial charge is 0.255 e. The lowest BCUT2D eigenvalue weighted by Crippen LogP contribution is -2.36. The quantitative estimate of drug-likeness (QED) is 0.612. The molecule has 148 valence electrons. The molecule has 0 radical (unpaired) electrons. The van der Waals surface area contributed by atoms with E-state index in [4.69, 9.17) is 0 Å². The van der Waals surface area contributed by atoms with Gasteiger partial charge in [-0.3, -0.25) is 4.79 Å². The molecule has 0 spiro atoms. The molecule has 0 aliphatic carbocycles. The lowest BCUT2D eigenvalue weighted by atomic mass is 10.0. The summed E-state index contributed by atoms with van der Waals surface area (Å²) in [5.74, 6) is -0.206. The maximum Gasteiger partial charge on any atom is 0.255 e. The number of amides is 1. The molecular weight excluding hydrogens is 452 g/mol. The Labute approximate surface area is 178 Å². The van der Waals surface area contributed by atoms with Gasteiger partial charge in [-0.2, -0.15) is 4.31 Å². The topological polar surface area (TPSA) is 66.5 Å². The van der Waals surface area contributed by atoms with E-state index in [2.05, 4.69) is 21.2 Å². The van der Waals surface area contributed by atoms with Crippen molar-refractivity contribution >= 4 is 37.5 Å². The number of fused-ring (bicyclic) bond motifs is 1. The number of carbonyl (C=O) groups is 1. The summed E-state index contributed by atoms with van der Waals surface area (Å²) in [7, 11) is -3.55. The van der Waals surface area contributed by atoms with Crippen molar-refractivity contribution in [3.63, 3.8) is 0 Å². The number of nitrogens with one attached hydrogen (secondary N) is 1. The maximum atomic E-state index is 12.9. The van der Waals surface area contributed by atoms with Crippen molar-refractivity contribution in [1.82, 2.24) is 4.31 Å².